The van der Waals surface area contributed by atoms with Gasteiger partial charge in [-0.1, -0.05) is 43.1 Å². The zero-order valence-electron chi connectivity index (χ0n) is 15.1. The van der Waals surface area contributed by atoms with E-state index in [0.717, 1.165) is 11.6 Å². The lowest BCUT2D eigenvalue weighted by Gasteiger charge is -2.21. The van der Waals surface area contributed by atoms with Crippen LogP contribution in [0.25, 0.3) is 0 Å². The van der Waals surface area contributed by atoms with E-state index < -0.39 is 22.8 Å². The molecule has 2 aromatic carbocycles. The minimum absolute atomic E-state index is 0.0380. The zero-order valence-corrected chi connectivity index (χ0v) is 15.8. The summed E-state index contributed by atoms with van der Waals surface area (Å²) in [5, 5.41) is 13.3. The predicted octanol–water partition coefficient (Wildman–Crippen LogP) is 3.92. The van der Waals surface area contributed by atoms with Crippen LogP contribution in [0.15, 0.2) is 42.5 Å². The molecule has 1 unspecified atom stereocenters. The Hall–Kier alpha value is -2.93. The highest BCUT2D eigenvalue weighted by atomic mass is 35.5. The molecule has 27 heavy (non-hydrogen) atoms. The van der Waals surface area contributed by atoms with Crippen molar-refractivity contribution in [1.29, 1.82) is 0 Å². The van der Waals surface area contributed by atoms with Crippen molar-refractivity contribution in [3.63, 3.8) is 0 Å². The lowest BCUT2D eigenvalue weighted by molar-refractivity contribution is -0.384. The normalized spacial score (nSPS) is 11.7. The molecule has 2 aromatic rings. The van der Waals surface area contributed by atoms with Gasteiger partial charge in [0.05, 0.1) is 15.5 Å². The standard InChI is InChI=1S/C19H19ClN2O5/c1-11(2)17(19(24)27-14-7-4-12(3)5-8-14)21-18(23)15-9-6-13(22(25)26)10-16(15)20/h4-11,17H,1-3H3,(H,21,23). The summed E-state index contributed by atoms with van der Waals surface area (Å²) in [7, 11) is 0. The number of nitrogens with one attached hydrogen (secondary N) is 1. The number of ether oxygens (including phenoxy) is 1. The molecule has 2 rings (SSSR count). The van der Waals surface area contributed by atoms with Crippen LogP contribution in [0.3, 0.4) is 0 Å². The summed E-state index contributed by atoms with van der Waals surface area (Å²) in [5.74, 6) is -1.10. The lowest BCUT2D eigenvalue weighted by atomic mass is 10.0. The van der Waals surface area contributed by atoms with Gasteiger partial charge in [-0.05, 0) is 31.0 Å². The summed E-state index contributed by atoms with van der Waals surface area (Å²) in [4.78, 5) is 35.1. The maximum Gasteiger partial charge on any atom is 0.334 e. The van der Waals surface area contributed by atoms with Crippen molar-refractivity contribution in [3.05, 3.63) is 68.7 Å². The number of rotatable bonds is 6. The van der Waals surface area contributed by atoms with E-state index in [2.05, 4.69) is 5.32 Å². The molecule has 7 nitrogen and oxygen atoms in total. The van der Waals surface area contributed by atoms with Gasteiger partial charge in [0.15, 0.2) is 0 Å². The number of amides is 1. The Morgan fingerprint density at radius 1 is 1.15 bits per heavy atom. The van der Waals surface area contributed by atoms with Crippen LogP contribution in [0, 0.1) is 23.0 Å². The van der Waals surface area contributed by atoms with Crippen LogP contribution in [-0.4, -0.2) is 22.8 Å². The highest BCUT2D eigenvalue weighted by Gasteiger charge is 2.27. The topological polar surface area (TPSA) is 98.5 Å². The lowest BCUT2D eigenvalue weighted by Crippen LogP contribution is -2.46. The minimum Gasteiger partial charge on any atom is -0.425 e. The van der Waals surface area contributed by atoms with Gasteiger partial charge in [0, 0.05) is 12.1 Å². The molecule has 1 atom stereocenters. The number of hydrogen-bond acceptors (Lipinski definition) is 5. The molecule has 142 valence electrons. The first-order chi connectivity index (χ1) is 12.7. The average molecular weight is 391 g/mol. The Kier molecular flexibility index (Phi) is 6.52. The molecule has 0 fully saturated rings. The fourth-order valence-corrected chi connectivity index (χ4v) is 2.57. The molecule has 8 heteroatoms. The molecular formula is C19H19ClN2O5. The first-order valence-corrected chi connectivity index (χ1v) is 8.60. The van der Waals surface area contributed by atoms with E-state index in [1.54, 1.807) is 26.0 Å². The summed E-state index contributed by atoms with van der Waals surface area (Å²) >= 11 is 5.97. The number of carbonyl (C=O) groups excluding carboxylic acids is 2. The Labute approximate surface area is 161 Å². The second kappa shape index (κ2) is 8.64. The van der Waals surface area contributed by atoms with Crippen molar-refractivity contribution >= 4 is 29.2 Å². The molecule has 0 aromatic heterocycles. The molecule has 0 spiro atoms. The Morgan fingerprint density at radius 2 is 1.78 bits per heavy atom. The zero-order chi connectivity index (χ0) is 20.1. The van der Waals surface area contributed by atoms with Crippen LogP contribution in [0.1, 0.15) is 29.8 Å². The van der Waals surface area contributed by atoms with Crippen LogP contribution >= 0.6 is 11.6 Å². The molecule has 0 saturated heterocycles. The molecule has 0 aliphatic heterocycles. The van der Waals surface area contributed by atoms with E-state index in [0.29, 0.717) is 5.75 Å². The van der Waals surface area contributed by atoms with Crippen molar-refractivity contribution in [2.24, 2.45) is 5.92 Å². The molecule has 1 N–H and O–H groups in total. The average Bonchev–Trinajstić information content (AvgIpc) is 2.60. The molecule has 0 heterocycles. The van der Waals surface area contributed by atoms with Crippen molar-refractivity contribution in [2.45, 2.75) is 26.8 Å². The number of nitrogens with zero attached hydrogens (tertiary/aromatic N) is 1. The van der Waals surface area contributed by atoms with Crippen molar-refractivity contribution in [2.75, 3.05) is 0 Å². The molecule has 0 aliphatic carbocycles. The van der Waals surface area contributed by atoms with Gasteiger partial charge in [0.2, 0.25) is 0 Å². The smallest absolute Gasteiger partial charge is 0.334 e. The molecule has 0 saturated carbocycles. The number of benzene rings is 2. The van der Waals surface area contributed by atoms with Crippen molar-refractivity contribution in [1.82, 2.24) is 5.32 Å². The van der Waals surface area contributed by atoms with Gasteiger partial charge in [0.1, 0.15) is 11.8 Å². The highest BCUT2D eigenvalue weighted by molar-refractivity contribution is 6.34. The number of nitro groups is 1. The monoisotopic (exact) mass is 390 g/mol. The van der Waals surface area contributed by atoms with Gasteiger partial charge in [-0.15, -0.1) is 0 Å². The van der Waals surface area contributed by atoms with Gasteiger partial charge in [-0.2, -0.15) is 0 Å². The van der Waals surface area contributed by atoms with Gasteiger partial charge in [-0.25, -0.2) is 4.79 Å². The summed E-state index contributed by atoms with van der Waals surface area (Å²) in [6.07, 6.45) is 0. The molecule has 0 radical (unpaired) electrons. The Morgan fingerprint density at radius 3 is 2.30 bits per heavy atom. The van der Waals surface area contributed by atoms with Crippen LogP contribution in [-0.2, 0) is 4.79 Å². The van der Waals surface area contributed by atoms with Gasteiger partial charge >= 0.3 is 5.97 Å². The molecule has 0 aliphatic rings. The second-order valence-electron chi connectivity index (χ2n) is 6.35. The van der Waals surface area contributed by atoms with E-state index in [9.17, 15) is 19.7 Å². The fourth-order valence-electron chi connectivity index (χ4n) is 2.30. The Bertz CT molecular complexity index is 865. The van der Waals surface area contributed by atoms with Crippen LogP contribution in [0.4, 0.5) is 5.69 Å². The Balaban J connectivity index is 2.15. The number of aryl methyl sites for hydroxylation is 1. The minimum atomic E-state index is -0.912. The maximum absolute atomic E-state index is 12.5. The number of esters is 1. The van der Waals surface area contributed by atoms with Crippen LogP contribution < -0.4 is 10.1 Å². The number of carbonyl (C=O) groups is 2. The van der Waals surface area contributed by atoms with E-state index in [-0.39, 0.29) is 22.2 Å². The number of halogens is 1. The van der Waals surface area contributed by atoms with E-state index in [4.69, 9.17) is 16.3 Å². The van der Waals surface area contributed by atoms with Gasteiger partial charge < -0.3 is 10.1 Å². The maximum atomic E-state index is 12.5. The summed E-state index contributed by atoms with van der Waals surface area (Å²) in [6.45, 7) is 5.44. The van der Waals surface area contributed by atoms with E-state index in [1.807, 2.05) is 19.1 Å². The molecular weight excluding hydrogens is 372 g/mol. The summed E-state index contributed by atoms with van der Waals surface area (Å²) in [5.41, 5.74) is 0.836. The molecule has 0 bridgehead atoms. The number of nitro benzene ring substituents is 1. The molecule has 1 amide bonds. The van der Waals surface area contributed by atoms with Crippen LogP contribution in [0.5, 0.6) is 5.75 Å². The predicted molar refractivity (Wildman–Crippen MR) is 101 cm³/mol. The highest BCUT2D eigenvalue weighted by Crippen LogP contribution is 2.23. The van der Waals surface area contributed by atoms with Crippen molar-refractivity contribution in [3.8, 4) is 5.75 Å². The number of non-ortho nitro benzene ring substituents is 1. The number of hydrogen-bond donors (Lipinski definition) is 1. The third kappa shape index (κ3) is 5.27. The van der Waals surface area contributed by atoms with Gasteiger partial charge in [0.25, 0.3) is 11.6 Å². The van der Waals surface area contributed by atoms with Crippen LogP contribution in [0.2, 0.25) is 5.02 Å². The first kappa shape index (κ1) is 20.4. The summed E-state index contributed by atoms with van der Waals surface area (Å²) < 4.78 is 5.33. The van der Waals surface area contributed by atoms with E-state index in [1.165, 1.54) is 12.1 Å². The van der Waals surface area contributed by atoms with E-state index >= 15 is 0 Å². The van der Waals surface area contributed by atoms with Gasteiger partial charge in [-0.3, -0.25) is 14.9 Å². The quantitative estimate of drug-likeness (QED) is 0.349. The van der Waals surface area contributed by atoms with Crippen molar-refractivity contribution < 1.29 is 19.2 Å². The fraction of sp³-hybridized carbons (Fsp3) is 0.263. The second-order valence-corrected chi connectivity index (χ2v) is 6.76. The summed E-state index contributed by atoms with van der Waals surface area (Å²) in [6, 6.07) is 9.55. The first-order valence-electron chi connectivity index (χ1n) is 8.22. The SMILES string of the molecule is Cc1ccc(OC(=O)C(NC(=O)c2ccc([N+](=O)[O-])cc2Cl)C(C)C)cc1. The third-order valence-electron chi connectivity index (χ3n) is 3.85. The largest absolute Gasteiger partial charge is 0.425 e. The third-order valence-corrected chi connectivity index (χ3v) is 4.17.